The summed E-state index contributed by atoms with van der Waals surface area (Å²) in [5.74, 6) is 1.80. The van der Waals surface area contributed by atoms with Crippen LogP contribution in [0, 0.1) is 0 Å². The van der Waals surface area contributed by atoms with Crippen LogP contribution in [0.1, 0.15) is 0 Å². The van der Waals surface area contributed by atoms with Gasteiger partial charge in [0.15, 0.2) is 0 Å². The monoisotopic (exact) mass is 613 g/mol. The van der Waals surface area contributed by atoms with Crippen LogP contribution in [0.4, 0.5) is 17.1 Å². The highest BCUT2D eigenvalue weighted by Gasteiger charge is 2.20. The Morgan fingerprint density at radius 3 is 1.31 bits per heavy atom. The predicted molar refractivity (Wildman–Crippen MR) is 200 cm³/mol. The lowest BCUT2D eigenvalue weighted by molar-refractivity contribution is 0.487. The number of fused-ring (bicyclic) bond motifs is 2. The van der Waals surface area contributed by atoms with E-state index >= 15 is 0 Å². The van der Waals surface area contributed by atoms with Crippen molar-refractivity contribution in [2.24, 2.45) is 0 Å². The summed E-state index contributed by atoms with van der Waals surface area (Å²) in [6.45, 7) is 0. The maximum Gasteiger partial charge on any atom is 0.135 e. The summed E-state index contributed by atoms with van der Waals surface area (Å²) in [5.41, 5.74) is 12.7. The molecule has 0 unspecified atom stereocenters. The van der Waals surface area contributed by atoms with Gasteiger partial charge in [-0.25, -0.2) is 0 Å². The fourth-order valence-corrected chi connectivity index (χ4v) is 6.86. The first-order chi connectivity index (χ1) is 23.8. The molecule has 0 amide bonds. The van der Waals surface area contributed by atoms with E-state index in [9.17, 15) is 0 Å². The molecule has 0 saturated carbocycles. The molecule has 226 valence electrons. The smallest absolute Gasteiger partial charge is 0.135 e. The van der Waals surface area contributed by atoms with Crippen molar-refractivity contribution in [2.75, 3.05) is 4.90 Å². The van der Waals surface area contributed by atoms with Crippen molar-refractivity contribution in [2.45, 2.75) is 0 Å². The maximum atomic E-state index is 6.46. The van der Waals surface area contributed by atoms with Crippen molar-refractivity contribution >= 4 is 27.8 Å². The molecule has 9 rings (SSSR count). The molecule has 0 aliphatic carbocycles. The largest absolute Gasteiger partial charge is 0.456 e. The van der Waals surface area contributed by atoms with E-state index in [1.54, 1.807) is 0 Å². The van der Waals surface area contributed by atoms with Crippen LogP contribution in [0.2, 0.25) is 0 Å². The van der Waals surface area contributed by atoms with Gasteiger partial charge in [-0.1, -0.05) is 133 Å². The summed E-state index contributed by atoms with van der Waals surface area (Å²) in [6, 6.07) is 66.8. The SMILES string of the molecule is c1ccc(-c2ccc(N(c3ccc(-c4ccccc4)cc3)c3ccc(-c4ccc5c(c4)Oc4cccc6cccc-5c46)cc3)cc2)cc1. The van der Waals surface area contributed by atoms with Gasteiger partial charge in [0.25, 0.3) is 0 Å². The van der Waals surface area contributed by atoms with Gasteiger partial charge in [-0.15, -0.1) is 0 Å². The quantitative estimate of drug-likeness (QED) is 0.185. The van der Waals surface area contributed by atoms with Gasteiger partial charge in [-0.05, 0) is 98.9 Å². The summed E-state index contributed by atoms with van der Waals surface area (Å²) in [5, 5.41) is 2.38. The summed E-state index contributed by atoms with van der Waals surface area (Å²) in [6.07, 6.45) is 0. The van der Waals surface area contributed by atoms with Gasteiger partial charge < -0.3 is 9.64 Å². The van der Waals surface area contributed by atoms with Crippen molar-refractivity contribution in [1.82, 2.24) is 0 Å². The fraction of sp³-hybridized carbons (Fsp3) is 0. The van der Waals surface area contributed by atoms with Gasteiger partial charge in [0.1, 0.15) is 11.5 Å². The maximum absolute atomic E-state index is 6.46. The minimum Gasteiger partial charge on any atom is -0.456 e. The zero-order valence-corrected chi connectivity index (χ0v) is 26.3. The Labute approximate surface area is 280 Å². The molecule has 1 aliphatic heterocycles. The predicted octanol–water partition coefficient (Wildman–Crippen LogP) is 13.1. The first-order valence-corrected chi connectivity index (χ1v) is 16.3. The molecule has 0 saturated heterocycles. The third-order valence-electron chi connectivity index (χ3n) is 9.28. The molecule has 0 fully saturated rings. The van der Waals surface area contributed by atoms with E-state index in [-0.39, 0.29) is 0 Å². The molecule has 2 nitrogen and oxygen atoms in total. The second kappa shape index (κ2) is 11.8. The number of nitrogens with zero attached hydrogens (tertiary/aromatic N) is 1. The van der Waals surface area contributed by atoms with E-state index in [0.717, 1.165) is 45.3 Å². The molecule has 0 spiro atoms. The standard InChI is InChI=1S/C46H31NO/c1-3-9-32(10-4-1)34-17-24-39(25-18-34)47(40-26-19-35(20-27-40)33-11-5-2-6-12-33)41-28-21-36(22-29-41)38-23-30-42-43-15-7-13-37-14-8-16-44(46(37)43)48-45(42)31-38/h1-31H. The number of rotatable bonds is 6. The third-order valence-corrected chi connectivity index (χ3v) is 9.28. The Bertz CT molecular complexity index is 2290. The highest BCUT2D eigenvalue weighted by atomic mass is 16.5. The number of ether oxygens (including phenoxy) is 1. The first kappa shape index (κ1) is 27.9. The highest BCUT2D eigenvalue weighted by molar-refractivity contribution is 6.04. The Hall–Kier alpha value is -6.38. The fourth-order valence-electron chi connectivity index (χ4n) is 6.86. The Morgan fingerprint density at radius 1 is 0.312 bits per heavy atom. The second-order valence-electron chi connectivity index (χ2n) is 12.2. The molecule has 8 aromatic carbocycles. The van der Waals surface area contributed by atoms with E-state index < -0.39 is 0 Å². The average Bonchev–Trinajstić information content (AvgIpc) is 3.16. The Balaban J connectivity index is 1.07. The van der Waals surface area contributed by atoms with Crippen molar-refractivity contribution in [3.63, 3.8) is 0 Å². The van der Waals surface area contributed by atoms with Crippen LogP contribution in [0.3, 0.4) is 0 Å². The lowest BCUT2D eigenvalue weighted by Crippen LogP contribution is -2.09. The van der Waals surface area contributed by atoms with E-state index in [2.05, 4.69) is 193 Å². The molecule has 0 radical (unpaired) electrons. The van der Waals surface area contributed by atoms with Gasteiger partial charge in [0.2, 0.25) is 0 Å². The van der Waals surface area contributed by atoms with Crippen molar-refractivity contribution in [3.8, 4) is 56.0 Å². The molecule has 1 heterocycles. The normalized spacial score (nSPS) is 11.5. The van der Waals surface area contributed by atoms with Crippen molar-refractivity contribution in [1.29, 1.82) is 0 Å². The Morgan fingerprint density at radius 2 is 0.771 bits per heavy atom. The van der Waals surface area contributed by atoms with E-state index in [4.69, 9.17) is 4.74 Å². The average molecular weight is 614 g/mol. The highest BCUT2D eigenvalue weighted by Crippen LogP contribution is 2.47. The molecule has 0 bridgehead atoms. The van der Waals surface area contributed by atoms with Crippen LogP contribution in [0.5, 0.6) is 11.5 Å². The molecule has 0 aromatic heterocycles. The van der Waals surface area contributed by atoms with Crippen molar-refractivity contribution < 1.29 is 4.74 Å². The zero-order chi connectivity index (χ0) is 31.9. The molecule has 1 aliphatic rings. The lowest BCUT2D eigenvalue weighted by Gasteiger charge is -2.26. The summed E-state index contributed by atoms with van der Waals surface area (Å²) in [7, 11) is 0. The van der Waals surface area contributed by atoms with Crippen LogP contribution in [-0.4, -0.2) is 0 Å². The molecule has 8 aromatic rings. The minimum atomic E-state index is 0.890. The number of hydrogen-bond donors (Lipinski definition) is 0. The van der Waals surface area contributed by atoms with Crippen molar-refractivity contribution in [3.05, 3.63) is 188 Å². The molecule has 0 N–H and O–H groups in total. The molecule has 0 atom stereocenters. The van der Waals surface area contributed by atoms with Crippen LogP contribution in [0.25, 0.3) is 55.3 Å². The molecule has 2 heteroatoms. The van der Waals surface area contributed by atoms with Crippen LogP contribution in [0.15, 0.2) is 188 Å². The molecular weight excluding hydrogens is 583 g/mol. The van der Waals surface area contributed by atoms with E-state index in [1.165, 1.54) is 38.6 Å². The third kappa shape index (κ3) is 5.01. The van der Waals surface area contributed by atoms with Crippen LogP contribution >= 0.6 is 0 Å². The summed E-state index contributed by atoms with van der Waals surface area (Å²) < 4.78 is 6.46. The van der Waals surface area contributed by atoms with Gasteiger partial charge in [-0.2, -0.15) is 0 Å². The van der Waals surface area contributed by atoms with Gasteiger partial charge >= 0.3 is 0 Å². The first-order valence-electron chi connectivity index (χ1n) is 16.3. The minimum absolute atomic E-state index is 0.890. The number of hydrogen-bond acceptors (Lipinski definition) is 2. The zero-order valence-electron chi connectivity index (χ0n) is 26.3. The lowest BCUT2D eigenvalue weighted by atomic mass is 9.93. The second-order valence-corrected chi connectivity index (χ2v) is 12.2. The number of benzene rings is 8. The summed E-state index contributed by atoms with van der Waals surface area (Å²) in [4.78, 5) is 2.32. The van der Waals surface area contributed by atoms with E-state index in [1.807, 2.05) is 0 Å². The van der Waals surface area contributed by atoms with Crippen LogP contribution < -0.4 is 9.64 Å². The van der Waals surface area contributed by atoms with Gasteiger partial charge in [0, 0.05) is 28.0 Å². The van der Waals surface area contributed by atoms with E-state index in [0.29, 0.717) is 0 Å². The molecule has 48 heavy (non-hydrogen) atoms. The topological polar surface area (TPSA) is 12.5 Å². The Kier molecular flexibility index (Phi) is 6.84. The van der Waals surface area contributed by atoms with Gasteiger partial charge in [0.05, 0.1) is 0 Å². The van der Waals surface area contributed by atoms with Gasteiger partial charge in [-0.3, -0.25) is 0 Å². The number of anilines is 3. The van der Waals surface area contributed by atoms with Crippen LogP contribution in [-0.2, 0) is 0 Å². The molecular formula is C46H31NO. The summed E-state index contributed by atoms with van der Waals surface area (Å²) >= 11 is 0.